The van der Waals surface area contributed by atoms with E-state index in [1.165, 1.54) is 0 Å². The van der Waals surface area contributed by atoms with Crippen molar-refractivity contribution in [1.29, 1.82) is 0 Å². The van der Waals surface area contributed by atoms with Gasteiger partial charge in [-0.1, -0.05) is 18.2 Å². The van der Waals surface area contributed by atoms with Gasteiger partial charge in [0.2, 0.25) is 0 Å². The van der Waals surface area contributed by atoms with Crippen molar-refractivity contribution < 1.29 is 14.6 Å². The van der Waals surface area contributed by atoms with Crippen LogP contribution < -0.4 is 4.74 Å². The molecular weight excluding hydrogens is 252 g/mol. The number of ether oxygens (including phenoxy) is 1. The standard InChI is InChI=1S/C17H18O3/c1-20-16-5-3-12-10-14(4-2-13(12)11-16)17(19)8-6-15(18)7-9-17/h2-5,10-11,19H,6-9H2,1H3. The summed E-state index contributed by atoms with van der Waals surface area (Å²) in [6, 6.07) is 11.9. The van der Waals surface area contributed by atoms with E-state index in [9.17, 15) is 9.90 Å². The average molecular weight is 270 g/mol. The van der Waals surface area contributed by atoms with Crippen LogP contribution in [0, 0.1) is 0 Å². The van der Waals surface area contributed by atoms with Gasteiger partial charge in [-0.2, -0.15) is 0 Å². The number of ketones is 1. The Balaban J connectivity index is 1.98. The van der Waals surface area contributed by atoms with E-state index in [0.717, 1.165) is 22.1 Å². The summed E-state index contributed by atoms with van der Waals surface area (Å²) in [7, 11) is 1.65. The molecule has 0 saturated heterocycles. The SMILES string of the molecule is COc1ccc2cc(C3(O)CCC(=O)CC3)ccc2c1. The van der Waals surface area contributed by atoms with E-state index >= 15 is 0 Å². The number of hydrogen-bond donors (Lipinski definition) is 1. The molecule has 3 nitrogen and oxygen atoms in total. The maximum Gasteiger partial charge on any atom is 0.133 e. The molecule has 0 spiro atoms. The largest absolute Gasteiger partial charge is 0.497 e. The summed E-state index contributed by atoms with van der Waals surface area (Å²) in [5.74, 6) is 1.08. The minimum atomic E-state index is -0.859. The first kappa shape index (κ1) is 13.1. The summed E-state index contributed by atoms with van der Waals surface area (Å²) in [5.41, 5.74) is 0.0461. The molecule has 104 valence electrons. The molecule has 2 aromatic carbocycles. The number of carbonyl (C=O) groups is 1. The summed E-state index contributed by atoms with van der Waals surface area (Å²) in [6.07, 6.45) is 1.98. The lowest BCUT2D eigenvalue weighted by Gasteiger charge is -2.32. The quantitative estimate of drug-likeness (QED) is 0.911. The molecule has 1 fully saturated rings. The summed E-state index contributed by atoms with van der Waals surface area (Å²) in [5, 5.41) is 12.9. The van der Waals surface area contributed by atoms with Crippen LogP contribution in [0.4, 0.5) is 0 Å². The van der Waals surface area contributed by atoms with Gasteiger partial charge in [0.25, 0.3) is 0 Å². The molecule has 3 rings (SSSR count). The van der Waals surface area contributed by atoms with Gasteiger partial charge in [0.15, 0.2) is 0 Å². The monoisotopic (exact) mass is 270 g/mol. The minimum Gasteiger partial charge on any atom is -0.497 e. The van der Waals surface area contributed by atoms with E-state index in [2.05, 4.69) is 0 Å². The van der Waals surface area contributed by atoms with Crippen LogP contribution in [0.25, 0.3) is 10.8 Å². The Labute approximate surface area is 118 Å². The molecule has 1 aliphatic rings. The highest BCUT2D eigenvalue weighted by molar-refractivity contribution is 5.85. The highest BCUT2D eigenvalue weighted by Gasteiger charge is 2.34. The highest BCUT2D eigenvalue weighted by Crippen LogP contribution is 2.37. The van der Waals surface area contributed by atoms with E-state index in [4.69, 9.17) is 4.74 Å². The lowest BCUT2D eigenvalue weighted by Crippen LogP contribution is -2.31. The van der Waals surface area contributed by atoms with Crippen molar-refractivity contribution in [1.82, 2.24) is 0 Å². The van der Waals surface area contributed by atoms with Crippen molar-refractivity contribution in [3.05, 3.63) is 42.0 Å². The normalized spacial score (nSPS) is 18.2. The molecule has 0 heterocycles. The lowest BCUT2D eigenvalue weighted by atomic mass is 9.79. The average Bonchev–Trinajstić information content (AvgIpc) is 2.49. The Morgan fingerprint density at radius 3 is 2.40 bits per heavy atom. The van der Waals surface area contributed by atoms with Crippen LogP contribution >= 0.6 is 0 Å². The highest BCUT2D eigenvalue weighted by atomic mass is 16.5. The Hall–Kier alpha value is -1.87. The molecule has 2 aromatic rings. The Bertz CT molecular complexity index is 650. The fourth-order valence-electron chi connectivity index (χ4n) is 2.87. The fraction of sp³-hybridized carbons (Fsp3) is 0.353. The van der Waals surface area contributed by atoms with Gasteiger partial charge in [-0.15, -0.1) is 0 Å². The molecule has 1 saturated carbocycles. The molecule has 0 bridgehead atoms. The molecule has 0 aromatic heterocycles. The smallest absolute Gasteiger partial charge is 0.133 e. The minimum absolute atomic E-state index is 0.250. The maximum atomic E-state index is 11.3. The number of benzene rings is 2. The second-order valence-electron chi connectivity index (χ2n) is 5.50. The van der Waals surface area contributed by atoms with Gasteiger partial charge >= 0.3 is 0 Å². The third-order valence-electron chi connectivity index (χ3n) is 4.22. The van der Waals surface area contributed by atoms with E-state index in [0.29, 0.717) is 25.7 Å². The second kappa shape index (κ2) is 4.91. The van der Waals surface area contributed by atoms with E-state index < -0.39 is 5.60 Å². The van der Waals surface area contributed by atoms with Crippen molar-refractivity contribution in [3.8, 4) is 5.75 Å². The number of fused-ring (bicyclic) bond motifs is 1. The van der Waals surface area contributed by atoms with E-state index in [1.54, 1.807) is 7.11 Å². The van der Waals surface area contributed by atoms with Crippen LogP contribution in [-0.4, -0.2) is 18.0 Å². The Morgan fingerprint density at radius 1 is 1.05 bits per heavy atom. The van der Waals surface area contributed by atoms with Gasteiger partial charge in [-0.3, -0.25) is 4.79 Å². The van der Waals surface area contributed by atoms with Gasteiger partial charge in [0.05, 0.1) is 12.7 Å². The van der Waals surface area contributed by atoms with Gasteiger partial charge in [0, 0.05) is 12.8 Å². The molecule has 0 radical (unpaired) electrons. The summed E-state index contributed by atoms with van der Waals surface area (Å²) in [4.78, 5) is 11.3. The van der Waals surface area contributed by atoms with E-state index in [1.807, 2.05) is 36.4 Å². The first-order valence-electron chi connectivity index (χ1n) is 6.93. The number of hydrogen-bond acceptors (Lipinski definition) is 3. The molecule has 0 amide bonds. The summed E-state index contributed by atoms with van der Waals surface area (Å²) < 4.78 is 5.21. The van der Waals surface area contributed by atoms with Crippen LogP contribution in [-0.2, 0) is 10.4 Å². The Morgan fingerprint density at radius 2 is 1.70 bits per heavy atom. The molecule has 0 atom stereocenters. The number of Topliss-reactive ketones (excluding diaryl/α,β-unsaturated/α-hetero) is 1. The van der Waals surface area contributed by atoms with Crippen molar-refractivity contribution in [3.63, 3.8) is 0 Å². The molecule has 0 unspecified atom stereocenters. The zero-order valence-electron chi connectivity index (χ0n) is 11.6. The van der Waals surface area contributed by atoms with Crippen LogP contribution in [0.2, 0.25) is 0 Å². The van der Waals surface area contributed by atoms with Crippen LogP contribution in [0.3, 0.4) is 0 Å². The van der Waals surface area contributed by atoms with Gasteiger partial charge in [-0.25, -0.2) is 0 Å². The predicted octanol–water partition coefficient (Wildman–Crippen LogP) is 3.18. The first-order valence-corrected chi connectivity index (χ1v) is 6.93. The third-order valence-corrected chi connectivity index (χ3v) is 4.22. The summed E-state index contributed by atoms with van der Waals surface area (Å²) in [6.45, 7) is 0. The van der Waals surface area contributed by atoms with Gasteiger partial charge in [-0.05, 0) is 47.4 Å². The molecule has 3 heteroatoms. The zero-order chi connectivity index (χ0) is 14.2. The number of aliphatic hydroxyl groups is 1. The van der Waals surface area contributed by atoms with Crippen molar-refractivity contribution in [2.75, 3.05) is 7.11 Å². The van der Waals surface area contributed by atoms with E-state index in [-0.39, 0.29) is 5.78 Å². The number of carbonyl (C=O) groups excluding carboxylic acids is 1. The van der Waals surface area contributed by atoms with Crippen molar-refractivity contribution in [2.24, 2.45) is 0 Å². The van der Waals surface area contributed by atoms with Gasteiger partial charge < -0.3 is 9.84 Å². The fourth-order valence-corrected chi connectivity index (χ4v) is 2.87. The van der Waals surface area contributed by atoms with Crippen LogP contribution in [0.1, 0.15) is 31.2 Å². The van der Waals surface area contributed by atoms with Crippen molar-refractivity contribution in [2.45, 2.75) is 31.3 Å². The number of rotatable bonds is 2. The van der Waals surface area contributed by atoms with Crippen LogP contribution in [0.5, 0.6) is 5.75 Å². The van der Waals surface area contributed by atoms with Crippen LogP contribution in [0.15, 0.2) is 36.4 Å². The predicted molar refractivity (Wildman–Crippen MR) is 77.9 cm³/mol. The Kier molecular flexibility index (Phi) is 3.22. The van der Waals surface area contributed by atoms with Crippen molar-refractivity contribution >= 4 is 16.6 Å². The third kappa shape index (κ3) is 2.29. The first-order chi connectivity index (χ1) is 9.60. The molecule has 0 aliphatic heterocycles. The molecular formula is C17H18O3. The second-order valence-corrected chi connectivity index (χ2v) is 5.50. The van der Waals surface area contributed by atoms with Gasteiger partial charge in [0.1, 0.15) is 11.5 Å². The topological polar surface area (TPSA) is 46.5 Å². The molecule has 20 heavy (non-hydrogen) atoms. The zero-order valence-corrected chi connectivity index (χ0v) is 11.6. The maximum absolute atomic E-state index is 11.3. The number of methoxy groups -OCH3 is 1. The molecule has 1 N–H and O–H groups in total. The molecule has 1 aliphatic carbocycles. The summed E-state index contributed by atoms with van der Waals surface area (Å²) >= 11 is 0. The lowest BCUT2D eigenvalue weighted by molar-refractivity contribution is -0.125.